The second kappa shape index (κ2) is 5.79. The summed E-state index contributed by atoms with van der Waals surface area (Å²) in [6, 6.07) is 7.51. The molecule has 1 aromatic carbocycles. The summed E-state index contributed by atoms with van der Waals surface area (Å²) in [5.74, 6) is 0.392. The van der Waals surface area contributed by atoms with Gasteiger partial charge in [-0.2, -0.15) is 0 Å². The van der Waals surface area contributed by atoms with Crippen molar-refractivity contribution in [1.29, 1.82) is 0 Å². The summed E-state index contributed by atoms with van der Waals surface area (Å²) in [4.78, 5) is 8.83. The maximum atomic E-state index is 10.6. The molecule has 0 spiro atoms. The van der Waals surface area contributed by atoms with Crippen LogP contribution in [0.4, 0.5) is 5.82 Å². The molecule has 122 valence electrons. The predicted octanol–water partition coefficient (Wildman–Crippen LogP) is 2.52. The second-order valence-electron chi connectivity index (χ2n) is 6.19. The zero-order valence-electron chi connectivity index (χ0n) is 13.7. The van der Waals surface area contributed by atoms with E-state index in [2.05, 4.69) is 9.97 Å². The van der Waals surface area contributed by atoms with Crippen LogP contribution < -0.4 is 5.73 Å². The Balaban J connectivity index is 2.28. The topological polar surface area (TPSA) is 86.2 Å². The Morgan fingerprint density at radius 1 is 1.35 bits per heavy atom. The molecule has 0 unspecified atom stereocenters. The highest BCUT2D eigenvalue weighted by Crippen LogP contribution is 2.32. The largest absolute Gasteiger partial charge is 0.388 e. The highest BCUT2D eigenvalue weighted by Gasteiger charge is 2.30. The van der Waals surface area contributed by atoms with E-state index in [0.717, 1.165) is 16.4 Å². The summed E-state index contributed by atoms with van der Waals surface area (Å²) in [5, 5.41) is 11.6. The molecule has 6 nitrogen and oxygen atoms in total. The van der Waals surface area contributed by atoms with Crippen molar-refractivity contribution in [2.24, 2.45) is 0 Å². The van der Waals surface area contributed by atoms with Gasteiger partial charge in [0.1, 0.15) is 5.52 Å². The average Bonchev–Trinajstić information content (AvgIpc) is 2.92. The SMILES string of the molecule is CCOC[C@@H](n1cnc2c(N)nc3ccccc3c21)C(C)(C)O. The van der Waals surface area contributed by atoms with E-state index >= 15 is 0 Å². The number of fused-ring (bicyclic) bond motifs is 3. The summed E-state index contributed by atoms with van der Waals surface area (Å²) >= 11 is 0. The minimum Gasteiger partial charge on any atom is -0.388 e. The molecule has 0 saturated carbocycles. The van der Waals surface area contributed by atoms with Gasteiger partial charge in [-0.25, -0.2) is 9.97 Å². The number of nitrogens with zero attached hydrogens (tertiary/aromatic N) is 3. The van der Waals surface area contributed by atoms with Crippen LogP contribution in [0.15, 0.2) is 30.6 Å². The van der Waals surface area contributed by atoms with E-state index < -0.39 is 5.60 Å². The van der Waals surface area contributed by atoms with Crippen molar-refractivity contribution >= 4 is 27.8 Å². The molecule has 23 heavy (non-hydrogen) atoms. The van der Waals surface area contributed by atoms with E-state index in [1.54, 1.807) is 20.2 Å². The van der Waals surface area contributed by atoms with E-state index in [1.807, 2.05) is 35.8 Å². The van der Waals surface area contributed by atoms with Gasteiger partial charge in [-0.15, -0.1) is 0 Å². The standard InChI is InChI=1S/C17H22N4O2/c1-4-23-9-13(17(2,3)22)21-10-19-14-15(21)11-7-5-6-8-12(11)20-16(14)18/h5-8,10,13,22H,4,9H2,1-3H3,(H2,18,20)/t13-/m1/s1. The first-order valence-corrected chi connectivity index (χ1v) is 7.74. The lowest BCUT2D eigenvalue weighted by Gasteiger charge is -2.31. The zero-order chi connectivity index (χ0) is 16.6. The Hall–Kier alpha value is -2.18. The highest BCUT2D eigenvalue weighted by atomic mass is 16.5. The fourth-order valence-corrected chi connectivity index (χ4v) is 2.86. The Labute approximate surface area is 134 Å². The Kier molecular flexibility index (Phi) is 3.95. The molecule has 2 heterocycles. The van der Waals surface area contributed by atoms with Crippen molar-refractivity contribution in [2.45, 2.75) is 32.4 Å². The summed E-state index contributed by atoms with van der Waals surface area (Å²) in [5.41, 5.74) is 7.43. The molecule has 0 saturated heterocycles. The summed E-state index contributed by atoms with van der Waals surface area (Å²) in [7, 11) is 0. The molecular formula is C17H22N4O2. The molecule has 0 bridgehead atoms. The van der Waals surface area contributed by atoms with E-state index in [9.17, 15) is 5.11 Å². The van der Waals surface area contributed by atoms with Crippen LogP contribution in [0.3, 0.4) is 0 Å². The van der Waals surface area contributed by atoms with Crippen LogP contribution in [0.5, 0.6) is 0 Å². The van der Waals surface area contributed by atoms with Crippen molar-refractivity contribution in [1.82, 2.24) is 14.5 Å². The van der Waals surface area contributed by atoms with Gasteiger partial charge >= 0.3 is 0 Å². The molecule has 0 aliphatic heterocycles. The first kappa shape index (κ1) is 15.7. The molecule has 1 atom stereocenters. The fourth-order valence-electron chi connectivity index (χ4n) is 2.86. The van der Waals surface area contributed by atoms with Crippen molar-refractivity contribution in [3.63, 3.8) is 0 Å². The van der Waals surface area contributed by atoms with Gasteiger partial charge in [0.2, 0.25) is 0 Å². The van der Waals surface area contributed by atoms with Crippen LogP contribution in [-0.2, 0) is 4.74 Å². The number of aliphatic hydroxyl groups is 1. The number of hydrogen-bond acceptors (Lipinski definition) is 5. The lowest BCUT2D eigenvalue weighted by atomic mass is 9.99. The average molecular weight is 314 g/mol. The molecule has 0 fully saturated rings. The summed E-state index contributed by atoms with van der Waals surface area (Å²) in [6.45, 7) is 6.46. The van der Waals surface area contributed by atoms with Crippen LogP contribution in [-0.4, -0.2) is 38.5 Å². The molecule has 0 aliphatic carbocycles. The quantitative estimate of drug-likeness (QED) is 0.755. The number of para-hydroxylation sites is 1. The highest BCUT2D eigenvalue weighted by molar-refractivity contribution is 6.06. The third-order valence-electron chi connectivity index (χ3n) is 4.07. The molecule has 0 radical (unpaired) electrons. The lowest BCUT2D eigenvalue weighted by molar-refractivity contribution is -0.0181. The third kappa shape index (κ3) is 2.75. The molecule has 3 N–H and O–H groups in total. The number of anilines is 1. The van der Waals surface area contributed by atoms with Crippen LogP contribution in [0.25, 0.3) is 21.9 Å². The van der Waals surface area contributed by atoms with Gasteiger partial charge in [0.15, 0.2) is 5.82 Å². The van der Waals surface area contributed by atoms with Gasteiger partial charge in [-0.3, -0.25) is 0 Å². The van der Waals surface area contributed by atoms with Crippen molar-refractivity contribution in [3.8, 4) is 0 Å². The summed E-state index contributed by atoms with van der Waals surface area (Å²) < 4.78 is 7.53. The maximum absolute atomic E-state index is 10.6. The molecule has 3 rings (SSSR count). The number of imidazole rings is 1. The van der Waals surface area contributed by atoms with Gasteiger partial charge in [-0.1, -0.05) is 18.2 Å². The molecule has 2 aromatic heterocycles. The van der Waals surface area contributed by atoms with Crippen molar-refractivity contribution < 1.29 is 9.84 Å². The minimum atomic E-state index is -0.970. The van der Waals surface area contributed by atoms with E-state index in [-0.39, 0.29) is 6.04 Å². The number of pyridine rings is 1. The first-order valence-electron chi connectivity index (χ1n) is 7.74. The Bertz CT molecular complexity index is 836. The second-order valence-corrected chi connectivity index (χ2v) is 6.19. The van der Waals surface area contributed by atoms with Gasteiger partial charge in [0.05, 0.1) is 35.6 Å². The first-order chi connectivity index (χ1) is 10.9. The molecule has 0 aliphatic rings. The number of hydrogen-bond donors (Lipinski definition) is 2. The van der Waals surface area contributed by atoms with Crippen molar-refractivity contribution in [2.75, 3.05) is 18.9 Å². The minimum absolute atomic E-state index is 0.280. The number of benzene rings is 1. The van der Waals surface area contributed by atoms with Crippen LogP contribution in [0.2, 0.25) is 0 Å². The molecule has 0 amide bonds. The molecule has 3 aromatic rings. The van der Waals surface area contributed by atoms with Crippen LogP contribution >= 0.6 is 0 Å². The smallest absolute Gasteiger partial charge is 0.152 e. The zero-order valence-corrected chi connectivity index (χ0v) is 13.7. The van der Waals surface area contributed by atoms with E-state index in [4.69, 9.17) is 10.5 Å². The number of nitrogen functional groups attached to an aromatic ring is 1. The van der Waals surface area contributed by atoms with Gasteiger partial charge in [0, 0.05) is 12.0 Å². The van der Waals surface area contributed by atoms with Crippen LogP contribution in [0, 0.1) is 0 Å². The third-order valence-corrected chi connectivity index (χ3v) is 4.07. The van der Waals surface area contributed by atoms with Crippen molar-refractivity contribution in [3.05, 3.63) is 30.6 Å². The van der Waals surface area contributed by atoms with Crippen LogP contribution in [0.1, 0.15) is 26.8 Å². The Morgan fingerprint density at radius 3 is 2.78 bits per heavy atom. The molecular weight excluding hydrogens is 292 g/mol. The van der Waals surface area contributed by atoms with Gasteiger partial charge < -0.3 is 20.1 Å². The number of ether oxygens (including phenoxy) is 1. The lowest BCUT2D eigenvalue weighted by Crippen LogP contribution is -2.36. The van der Waals surface area contributed by atoms with E-state index in [0.29, 0.717) is 24.5 Å². The maximum Gasteiger partial charge on any atom is 0.152 e. The predicted molar refractivity (Wildman–Crippen MR) is 91.3 cm³/mol. The Morgan fingerprint density at radius 2 is 2.09 bits per heavy atom. The molecule has 6 heteroatoms. The van der Waals surface area contributed by atoms with Gasteiger partial charge in [-0.05, 0) is 26.8 Å². The summed E-state index contributed by atoms with van der Waals surface area (Å²) in [6.07, 6.45) is 1.71. The normalized spacial score (nSPS) is 13.7. The fraction of sp³-hybridized carbons (Fsp3) is 0.412. The monoisotopic (exact) mass is 314 g/mol. The number of rotatable bonds is 5. The number of aromatic nitrogens is 3. The van der Waals surface area contributed by atoms with Gasteiger partial charge in [0.25, 0.3) is 0 Å². The van der Waals surface area contributed by atoms with E-state index in [1.165, 1.54) is 0 Å². The number of nitrogens with two attached hydrogens (primary N) is 1.